The van der Waals surface area contributed by atoms with E-state index in [0.717, 1.165) is 11.4 Å². The second-order valence-electron chi connectivity index (χ2n) is 6.50. The van der Waals surface area contributed by atoms with Crippen molar-refractivity contribution in [1.29, 1.82) is 0 Å². The molecule has 0 saturated carbocycles. The third kappa shape index (κ3) is 3.48. The molecule has 1 fully saturated rings. The zero-order valence-corrected chi connectivity index (χ0v) is 15.6. The van der Waals surface area contributed by atoms with Crippen LogP contribution in [0.2, 0.25) is 0 Å². The highest BCUT2D eigenvalue weighted by Gasteiger charge is 2.24. The molecular weight excluding hydrogens is 362 g/mol. The van der Waals surface area contributed by atoms with Gasteiger partial charge in [-0.05, 0) is 18.2 Å². The van der Waals surface area contributed by atoms with Crippen molar-refractivity contribution in [3.8, 4) is 11.4 Å². The van der Waals surface area contributed by atoms with Crippen molar-refractivity contribution in [3.63, 3.8) is 0 Å². The van der Waals surface area contributed by atoms with Gasteiger partial charge in [0.15, 0.2) is 0 Å². The Morgan fingerprint density at radius 1 is 1.11 bits per heavy atom. The number of aromatic nitrogens is 5. The molecule has 0 spiro atoms. The molecule has 10 heteroatoms. The van der Waals surface area contributed by atoms with Crippen LogP contribution in [0, 0.1) is 6.92 Å². The molecule has 0 unspecified atom stereocenters. The SMILES string of the molecule is Cc1nc(-c2ccc(N3CCN(C(=O)c4ccc(=O)n(C)n4)CC3)nc2)no1. The smallest absolute Gasteiger partial charge is 0.274 e. The number of piperazine rings is 1. The number of anilines is 1. The first-order valence-electron chi connectivity index (χ1n) is 8.86. The van der Waals surface area contributed by atoms with Crippen LogP contribution in [0.3, 0.4) is 0 Å². The number of nitrogens with zero attached hydrogens (tertiary/aromatic N) is 7. The molecule has 3 aromatic rings. The van der Waals surface area contributed by atoms with E-state index in [9.17, 15) is 9.59 Å². The lowest BCUT2D eigenvalue weighted by Gasteiger charge is -2.35. The molecule has 144 valence electrons. The van der Waals surface area contributed by atoms with Gasteiger partial charge in [-0.15, -0.1) is 0 Å². The first-order chi connectivity index (χ1) is 13.5. The van der Waals surface area contributed by atoms with Gasteiger partial charge in [-0.1, -0.05) is 5.16 Å². The number of carbonyl (C=O) groups is 1. The minimum atomic E-state index is -0.244. The zero-order valence-electron chi connectivity index (χ0n) is 15.6. The predicted octanol–water partition coefficient (Wildman–Crippen LogP) is 0.496. The molecule has 1 aliphatic heterocycles. The van der Waals surface area contributed by atoms with E-state index in [1.54, 1.807) is 18.0 Å². The highest BCUT2D eigenvalue weighted by atomic mass is 16.5. The summed E-state index contributed by atoms with van der Waals surface area (Å²) < 4.78 is 6.16. The molecule has 0 bridgehead atoms. The molecule has 0 N–H and O–H groups in total. The summed E-state index contributed by atoms with van der Waals surface area (Å²) in [6.45, 7) is 4.16. The zero-order chi connectivity index (χ0) is 19.7. The normalized spacial score (nSPS) is 14.4. The van der Waals surface area contributed by atoms with Crippen LogP contribution in [0.15, 0.2) is 39.8 Å². The molecule has 4 heterocycles. The van der Waals surface area contributed by atoms with Crippen LogP contribution in [0.4, 0.5) is 5.82 Å². The van der Waals surface area contributed by atoms with E-state index in [1.807, 2.05) is 12.1 Å². The maximum atomic E-state index is 12.6. The molecule has 10 nitrogen and oxygen atoms in total. The molecule has 1 amide bonds. The molecule has 0 aliphatic carbocycles. The largest absolute Gasteiger partial charge is 0.353 e. The lowest BCUT2D eigenvalue weighted by molar-refractivity contribution is 0.0738. The summed E-state index contributed by atoms with van der Waals surface area (Å²) in [6.07, 6.45) is 1.71. The minimum absolute atomic E-state index is 0.175. The minimum Gasteiger partial charge on any atom is -0.353 e. The van der Waals surface area contributed by atoms with Gasteiger partial charge >= 0.3 is 0 Å². The Kier molecular flexibility index (Phi) is 4.60. The Hall–Kier alpha value is -3.56. The van der Waals surface area contributed by atoms with Crippen LogP contribution in [0.5, 0.6) is 0 Å². The molecule has 1 saturated heterocycles. The summed E-state index contributed by atoms with van der Waals surface area (Å²) in [5.74, 6) is 1.67. The number of hydrogen-bond acceptors (Lipinski definition) is 8. The standard InChI is InChI=1S/C18H19N7O3/c1-12-20-17(22-28-12)13-3-5-15(19-11-13)24-7-9-25(10-8-24)18(27)14-4-6-16(26)23(2)21-14/h3-6,11H,7-10H2,1-2H3. The van der Waals surface area contributed by atoms with E-state index < -0.39 is 0 Å². The summed E-state index contributed by atoms with van der Waals surface area (Å²) in [4.78, 5) is 36.6. The number of amides is 1. The lowest BCUT2D eigenvalue weighted by atomic mass is 10.2. The van der Waals surface area contributed by atoms with Gasteiger partial charge in [0.2, 0.25) is 11.7 Å². The summed E-state index contributed by atoms with van der Waals surface area (Å²) in [7, 11) is 1.53. The lowest BCUT2D eigenvalue weighted by Crippen LogP contribution is -2.49. The van der Waals surface area contributed by atoms with Crippen molar-refractivity contribution < 1.29 is 9.32 Å². The summed E-state index contributed by atoms with van der Waals surface area (Å²) in [6, 6.07) is 6.63. The quantitative estimate of drug-likeness (QED) is 0.645. The summed E-state index contributed by atoms with van der Waals surface area (Å²) >= 11 is 0. The number of carbonyl (C=O) groups excluding carboxylic acids is 1. The first kappa shape index (κ1) is 17.8. The molecule has 4 rings (SSSR count). The van der Waals surface area contributed by atoms with Crippen molar-refractivity contribution in [2.24, 2.45) is 7.05 Å². The van der Waals surface area contributed by atoms with Gasteiger partial charge in [-0.2, -0.15) is 10.1 Å². The molecule has 1 aliphatic rings. The highest BCUT2D eigenvalue weighted by molar-refractivity contribution is 5.92. The molecule has 0 radical (unpaired) electrons. The first-order valence-corrected chi connectivity index (χ1v) is 8.86. The Balaban J connectivity index is 1.40. The molecule has 28 heavy (non-hydrogen) atoms. The Morgan fingerprint density at radius 3 is 2.50 bits per heavy atom. The third-order valence-electron chi connectivity index (χ3n) is 4.60. The molecular formula is C18H19N7O3. The molecule has 0 atom stereocenters. The fourth-order valence-electron chi connectivity index (χ4n) is 3.04. The van der Waals surface area contributed by atoms with E-state index in [1.165, 1.54) is 23.9 Å². The van der Waals surface area contributed by atoms with E-state index in [4.69, 9.17) is 4.52 Å². The molecule has 0 aromatic carbocycles. The van der Waals surface area contributed by atoms with Crippen molar-refractivity contribution in [2.45, 2.75) is 6.92 Å². The monoisotopic (exact) mass is 381 g/mol. The maximum absolute atomic E-state index is 12.6. The van der Waals surface area contributed by atoms with Crippen molar-refractivity contribution >= 4 is 11.7 Å². The van der Waals surface area contributed by atoms with Crippen LogP contribution in [0.1, 0.15) is 16.4 Å². The van der Waals surface area contributed by atoms with Gasteiger partial charge in [-0.25, -0.2) is 9.67 Å². The van der Waals surface area contributed by atoms with Gasteiger partial charge in [0.05, 0.1) is 0 Å². The van der Waals surface area contributed by atoms with E-state index >= 15 is 0 Å². The second kappa shape index (κ2) is 7.22. The van der Waals surface area contributed by atoms with Crippen molar-refractivity contribution in [2.75, 3.05) is 31.1 Å². The second-order valence-corrected chi connectivity index (χ2v) is 6.50. The summed E-state index contributed by atoms with van der Waals surface area (Å²) in [5, 5.41) is 7.92. The van der Waals surface area contributed by atoms with Crippen LogP contribution < -0.4 is 10.5 Å². The van der Waals surface area contributed by atoms with Gasteiger partial charge in [0.1, 0.15) is 11.5 Å². The fourth-order valence-corrected chi connectivity index (χ4v) is 3.04. The van der Waals surface area contributed by atoms with Gasteiger partial charge in [0.25, 0.3) is 11.5 Å². The third-order valence-corrected chi connectivity index (χ3v) is 4.60. The fraction of sp³-hybridized carbons (Fsp3) is 0.333. The van der Waals surface area contributed by atoms with Crippen LogP contribution in [0.25, 0.3) is 11.4 Å². The maximum Gasteiger partial charge on any atom is 0.274 e. The van der Waals surface area contributed by atoms with E-state index in [-0.39, 0.29) is 17.2 Å². The molecule has 3 aromatic heterocycles. The topological polar surface area (TPSA) is 110 Å². The number of aryl methyl sites for hydroxylation is 2. The van der Waals surface area contributed by atoms with Gasteiger partial charge in [0, 0.05) is 58.0 Å². The summed E-state index contributed by atoms with van der Waals surface area (Å²) in [5.41, 5.74) is 0.815. The van der Waals surface area contributed by atoms with Crippen LogP contribution in [-0.4, -0.2) is 61.9 Å². The Bertz CT molecular complexity index is 1050. The number of hydrogen-bond donors (Lipinski definition) is 0. The van der Waals surface area contributed by atoms with Crippen LogP contribution in [-0.2, 0) is 7.05 Å². The Morgan fingerprint density at radius 2 is 1.89 bits per heavy atom. The average molecular weight is 381 g/mol. The van der Waals surface area contributed by atoms with E-state index in [2.05, 4.69) is 25.1 Å². The average Bonchev–Trinajstić information content (AvgIpc) is 3.16. The highest BCUT2D eigenvalue weighted by Crippen LogP contribution is 2.19. The van der Waals surface area contributed by atoms with Gasteiger partial charge < -0.3 is 14.3 Å². The number of pyridine rings is 1. The van der Waals surface area contributed by atoms with Crippen molar-refractivity contribution in [1.82, 2.24) is 29.8 Å². The van der Waals surface area contributed by atoms with E-state index in [0.29, 0.717) is 37.9 Å². The van der Waals surface area contributed by atoms with Crippen LogP contribution >= 0.6 is 0 Å². The number of rotatable bonds is 3. The Labute approximate surface area is 160 Å². The van der Waals surface area contributed by atoms with Gasteiger partial charge in [-0.3, -0.25) is 9.59 Å². The van der Waals surface area contributed by atoms with Crippen molar-refractivity contribution in [3.05, 3.63) is 52.4 Å². The predicted molar refractivity (Wildman–Crippen MR) is 99.9 cm³/mol.